The van der Waals surface area contributed by atoms with Crippen LogP contribution in [0.25, 0.3) is 11.0 Å². The van der Waals surface area contributed by atoms with Gasteiger partial charge in [0.25, 0.3) is 0 Å². The highest BCUT2D eigenvalue weighted by Crippen LogP contribution is 2.38. The molecule has 0 radical (unpaired) electrons. The minimum atomic E-state index is -4.75. The molecule has 0 unspecified atom stereocenters. The van der Waals surface area contributed by atoms with Crippen molar-refractivity contribution in [3.05, 3.63) is 42.2 Å². The molecule has 30 heavy (non-hydrogen) atoms. The lowest BCUT2D eigenvalue weighted by molar-refractivity contribution is -0.147. The van der Waals surface area contributed by atoms with E-state index in [2.05, 4.69) is 10.3 Å². The summed E-state index contributed by atoms with van der Waals surface area (Å²) in [6.45, 7) is 0.183. The molecule has 0 aliphatic carbocycles. The molecule has 2 heterocycles. The van der Waals surface area contributed by atoms with E-state index >= 15 is 0 Å². The molecular weight excluding hydrogens is 403 g/mol. The van der Waals surface area contributed by atoms with Crippen LogP contribution in [0.3, 0.4) is 0 Å². The summed E-state index contributed by atoms with van der Waals surface area (Å²) in [7, 11) is 1.43. The second kappa shape index (κ2) is 7.77. The third-order valence-corrected chi connectivity index (χ3v) is 4.55. The fourth-order valence-corrected chi connectivity index (χ4v) is 3.24. The second-order valence-corrected chi connectivity index (χ2v) is 6.61. The molecule has 0 fully saturated rings. The van der Waals surface area contributed by atoms with Gasteiger partial charge in [0.2, 0.25) is 11.7 Å². The Balaban J connectivity index is 1.72. The highest BCUT2D eigenvalue weighted by molar-refractivity contribution is 5.93. The molecule has 1 aliphatic rings. The number of benzene rings is 2. The van der Waals surface area contributed by atoms with Gasteiger partial charge in [-0.1, -0.05) is 12.1 Å². The summed E-state index contributed by atoms with van der Waals surface area (Å²) in [5, 5.41) is 2.58. The predicted molar refractivity (Wildman–Crippen MR) is 102 cm³/mol. The third kappa shape index (κ3) is 3.85. The standard InChI is InChI=1S/C20H18F3N3O4/c1-28-15-6-3-2-5-12(15)24-18(27)11-26-14-10-17-16(29-7-4-8-30-17)9-13(14)25-19(26)20(21,22)23/h2-3,5-6,9-10H,4,7-8,11H2,1H3,(H,24,27). The van der Waals surface area contributed by atoms with Crippen molar-refractivity contribution >= 4 is 22.6 Å². The molecule has 0 bridgehead atoms. The molecule has 0 saturated heterocycles. The average Bonchev–Trinajstić information content (AvgIpc) is 2.90. The first-order valence-electron chi connectivity index (χ1n) is 9.17. The SMILES string of the molecule is COc1ccccc1NC(=O)Cn1c(C(F)(F)F)nc2cc3c(cc21)OCCCO3. The zero-order valence-corrected chi connectivity index (χ0v) is 16.0. The molecule has 0 atom stereocenters. The van der Waals surface area contributed by atoms with E-state index in [0.717, 1.165) is 4.57 Å². The van der Waals surface area contributed by atoms with Crippen LogP contribution in [0.4, 0.5) is 18.9 Å². The van der Waals surface area contributed by atoms with Gasteiger partial charge in [-0.3, -0.25) is 4.79 Å². The molecule has 1 amide bonds. The van der Waals surface area contributed by atoms with Crippen LogP contribution in [0, 0.1) is 0 Å². The molecule has 0 saturated carbocycles. The van der Waals surface area contributed by atoms with Crippen molar-refractivity contribution < 1.29 is 32.2 Å². The Bertz CT molecular complexity index is 1090. The third-order valence-electron chi connectivity index (χ3n) is 4.55. The number of para-hydroxylation sites is 2. The van der Waals surface area contributed by atoms with Crippen molar-refractivity contribution in [3.63, 3.8) is 0 Å². The fraction of sp³-hybridized carbons (Fsp3) is 0.300. The van der Waals surface area contributed by atoms with Gasteiger partial charge in [0, 0.05) is 18.6 Å². The number of nitrogens with one attached hydrogen (secondary N) is 1. The van der Waals surface area contributed by atoms with Gasteiger partial charge < -0.3 is 24.1 Å². The predicted octanol–water partition coefficient (Wildman–Crippen LogP) is 3.86. The van der Waals surface area contributed by atoms with Crippen molar-refractivity contribution in [2.24, 2.45) is 0 Å². The average molecular weight is 421 g/mol. The maximum atomic E-state index is 13.6. The van der Waals surface area contributed by atoms with Crippen LogP contribution in [0.1, 0.15) is 12.2 Å². The smallest absolute Gasteiger partial charge is 0.449 e. The van der Waals surface area contributed by atoms with Gasteiger partial charge in [0.1, 0.15) is 12.3 Å². The van der Waals surface area contributed by atoms with Crippen LogP contribution in [-0.4, -0.2) is 35.8 Å². The first kappa shape index (κ1) is 19.9. The van der Waals surface area contributed by atoms with Crippen molar-refractivity contribution in [2.45, 2.75) is 19.1 Å². The van der Waals surface area contributed by atoms with Crippen LogP contribution in [0.15, 0.2) is 36.4 Å². The van der Waals surface area contributed by atoms with Crippen LogP contribution in [0.5, 0.6) is 17.2 Å². The van der Waals surface area contributed by atoms with Crippen LogP contribution < -0.4 is 19.5 Å². The normalized spacial score (nSPS) is 13.7. The minimum absolute atomic E-state index is 0.0664. The molecule has 0 spiro atoms. The maximum Gasteiger partial charge on any atom is 0.449 e. The number of halogens is 3. The summed E-state index contributed by atoms with van der Waals surface area (Å²) < 4.78 is 58.0. The van der Waals surface area contributed by atoms with E-state index in [1.165, 1.54) is 19.2 Å². The topological polar surface area (TPSA) is 74.6 Å². The van der Waals surface area contributed by atoms with E-state index in [4.69, 9.17) is 14.2 Å². The van der Waals surface area contributed by atoms with E-state index in [0.29, 0.717) is 42.6 Å². The van der Waals surface area contributed by atoms with Gasteiger partial charge in [0.15, 0.2) is 11.5 Å². The van der Waals surface area contributed by atoms with E-state index < -0.39 is 24.5 Å². The number of anilines is 1. The number of aromatic nitrogens is 2. The van der Waals surface area contributed by atoms with Crippen LogP contribution in [-0.2, 0) is 17.5 Å². The molecule has 1 aromatic heterocycles. The number of fused-ring (bicyclic) bond motifs is 2. The largest absolute Gasteiger partial charge is 0.495 e. The van der Waals surface area contributed by atoms with Crippen molar-refractivity contribution in [1.29, 1.82) is 0 Å². The summed E-state index contributed by atoms with van der Waals surface area (Å²) >= 11 is 0. The number of imidazole rings is 1. The number of carbonyl (C=O) groups excluding carboxylic acids is 1. The molecule has 3 aromatic rings. The number of hydrogen-bond acceptors (Lipinski definition) is 5. The monoisotopic (exact) mass is 421 g/mol. The number of nitrogens with zero attached hydrogens (tertiary/aromatic N) is 2. The Morgan fingerprint density at radius 3 is 2.60 bits per heavy atom. The zero-order chi connectivity index (χ0) is 21.3. The summed E-state index contributed by atoms with van der Waals surface area (Å²) in [4.78, 5) is 16.3. The quantitative estimate of drug-likeness (QED) is 0.693. The highest BCUT2D eigenvalue weighted by Gasteiger charge is 2.38. The van der Waals surface area contributed by atoms with Crippen molar-refractivity contribution in [1.82, 2.24) is 9.55 Å². The fourth-order valence-electron chi connectivity index (χ4n) is 3.24. The highest BCUT2D eigenvalue weighted by atomic mass is 19.4. The lowest BCUT2D eigenvalue weighted by Gasteiger charge is -2.14. The molecule has 158 valence electrons. The Morgan fingerprint density at radius 2 is 1.90 bits per heavy atom. The molecule has 1 aliphatic heterocycles. The molecule has 10 heteroatoms. The Kier molecular flexibility index (Phi) is 5.15. The molecule has 7 nitrogen and oxygen atoms in total. The number of ether oxygens (including phenoxy) is 3. The zero-order valence-electron chi connectivity index (χ0n) is 16.0. The lowest BCUT2D eigenvalue weighted by Crippen LogP contribution is -2.23. The number of methoxy groups -OCH3 is 1. The summed E-state index contributed by atoms with van der Waals surface area (Å²) in [6, 6.07) is 9.45. The van der Waals surface area contributed by atoms with Gasteiger partial charge in [-0.05, 0) is 12.1 Å². The lowest BCUT2D eigenvalue weighted by atomic mass is 10.2. The summed E-state index contributed by atoms with van der Waals surface area (Å²) in [5.41, 5.74) is 0.548. The number of alkyl halides is 3. The van der Waals surface area contributed by atoms with Crippen LogP contribution in [0.2, 0.25) is 0 Å². The van der Waals surface area contributed by atoms with E-state index in [1.54, 1.807) is 24.3 Å². The van der Waals surface area contributed by atoms with Gasteiger partial charge in [-0.25, -0.2) is 4.98 Å². The van der Waals surface area contributed by atoms with Gasteiger partial charge in [-0.2, -0.15) is 13.2 Å². The Hall–Kier alpha value is -3.43. The summed E-state index contributed by atoms with van der Waals surface area (Å²) in [6.07, 6.45) is -4.09. The summed E-state index contributed by atoms with van der Waals surface area (Å²) in [5.74, 6) is -0.783. The first-order chi connectivity index (χ1) is 14.4. The molecular formula is C20H18F3N3O4. The van der Waals surface area contributed by atoms with E-state index in [-0.39, 0.29) is 11.0 Å². The number of carbonyl (C=O) groups is 1. The van der Waals surface area contributed by atoms with Gasteiger partial charge in [-0.15, -0.1) is 0 Å². The Morgan fingerprint density at radius 1 is 1.20 bits per heavy atom. The first-order valence-corrected chi connectivity index (χ1v) is 9.17. The van der Waals surface area contributed by atoms with Crippen molar-refractivity contribution in [3.8, 4) is 17.2 Å². The number of hydrogen-bond donors (Lipinski definition) is 1. The number of rotatable bonds is 4. The van der Waals surface area contributed by atoms with Crippen LogP contribution >= 0.6 is 0 Å². The minimum Gasteiger partial charge on any atom is -0.495 e. The van der Waals surface area contributed by atoms with Crippen molar-refractivity contribution in [2.75, 3.05) is 25.6 Å². The number of amides is 1. The maximum absolute atomic E-state index is 13.6. The van der Waals surface area contributed by atoms with E-state index in [1.807, 2.05) is 0 Å². The van der Waals surface area contributed by atoms with Gasteiger partial charge >= 0.3 is 6.18 Å². The Labute approximate surface area is 169 Å². The van der Waals surface area contributed by atoms with Gasteiger partial charge in [0.05, 0.1) is 37.0 Å². The molecule has 2 aromatic carbocycles. The molecule has 4 rings (SSSR count). The second-order valence-electron chi connectivity index (χ2n) is 6.61. The molecule has 1 N–H and O–H groups in total. The van der Waals surface area contributed by atoms with E-state index in [9.17, 15) is 18.0 Å².